The van der Waals surface area contributed by atoms with Crippen LogP contribution in [0.2, 0.25) is 0 Å². The van der Waals surface area contributed by atoms with Crippen molar-refractivity contribution in [2.75, 3.05) is 6.54 Å². The summed E-state index contributed by atoms with van der Waals surface area (Å²) in [6.45, 7) is 0.889. The van der Waals surface area contributed by atoms with Gasteiger partial charge >= 0.3 is 0 Å². The number of hydrogen-bond acceptors (Lipinski definition) is 2. The van der Waals surface area contributed by atoms with Crippen LogP contribution >= 0.6 is 0 Å². The van der Waals surface area contributed by atoms with Crippen LogP contribution in [0.4, 0.5) is 0 Å². The van der Waals surface area contributed by atoms with Gasteiger partial charge in [-0.15, -0.1) is 0 Å². The fraction of sp³-hybridized carbons (Fsp3) is 0.476. The molecule has 0 radical (unpaired) electrons. The fourth-order valence-electron chi connectivity index (χ4n) is 5.01. The minimum atomic E-state index is 0.0966. The van der Waals surface area contributed by atoms with Crippen molar-refractivity contribution in [3.63, 3.8) is 0 Å². The number of amides is 1. The molecular weight excluding hydrogens is 298 g/mol. The van der Waals surface area contributed by atoms with E-state index >= 15 is 0 Å². The van der Waals surface area contributed by atoms with Gasteiger partial charge in [0.1, 0.15) is 0 Å². The first kappa shape index (κ1) is 14.5. The molecule has 124 valence electrons. The molecular formula is C21H23NO2. The van der Waals surface area contributed by atoms with Crippen LogP contribution in [0, 0.1) is 5.92 Å². The van der Waals surface area contributed by atoms with Crippen LogP contribution in [0.5, 0.6) is 0 Å². The Kier molecular flexibility index (Phi) is 3.37. The van der Waals surface area contributed by atoms with E-state index in [1.54, 1.807) is 0 Å². The predicted molar refractivity (Wildman–Crippen MR) is 93.6 cm³/mol. The molecule has 1 amide bonds. The molecule has 4 atom stereocenters. The van der Waals surface area contributed by atoms with Gasteiger partial charge in [-0.2, -0.15) is 0 Å². The minimum Gasteiger partial charge on any atom is -0.374 e. The number of carbonyl (C=O) groups excluding carboxylic acids is 1. The second-order valence-corrected chi connectivity index (χ2v) is 7.47. The van der Waals surface area contributed by atoms with Crippen LogP contribution in [0.1, 0.15) is 43.7 Å². The lowest BCUT2D eigenvalue weighted by molar-refractivity contribution is -0.138. The molecule has 3 nitrogen and oxygen atoms in total. The second kappa shape index (κ2) is 5.59. The smallest absolute Gasteiger partial charge is 0.228 e. The van der Waals surface area contributed by atoms with E-state index in [4.69, 9.17) is 4.74 Å². The third-order valence-electron chi connectivity index (χ3n) is 6.14. The Balaban J connectivity index is 1.48. The predicted octanol–water partition coefficient (Wildman–Crippen LogP) is 4.07. The highest BCUT2D eigenvalue weighted by Gasteiger charge is 2.47. The van der Waals surface area contributed by atoms with E-state index in [1.807, 2.05) is 0 Å². The molecule has 0 aromatic heterocycles. The van der Waals surface area contributed by atoms with Gasteiger partial charge in [0.05, 0.1) is 24.2 Å². The zero-order valence-electron chi connectivity index (χ0n) is 13.9. The molecule has 2 aromatic rings. The molecule has 0 spiro atoms. The zero-order chi connectivity index (χ0) is 16.1. The summed E-state index contributed by atoms with van der Waals surface area (Å²) >= 11 is 0. The quantitative estimate of drug-likeness (QED) is 0.834. The summed E-state index contributed by atoms with van der Waals surface area (Å²) in [4.78, 5) is 15.4. The van der Waals surface area contributed by atoms with Crippen LogP contribution < -0.4 is 0 Å². The molecule has 0 unspecified atom stereocenters. The summed E-state index contributed by atoms with van der Waals surface area (Å²) in [7, 11) is 0. The third-order valence-corrected chi connectivity index (χ3v) is 6.14. The Bertz CT molecular complexity index is 781. The molecule has 3 aliphatic rings. The van der Waals surface area contributed by atoms with Gasteiger partial charge in [0.2, 0.25) is 5.91 Å². The van der Waals surface area contributed by atoms with Crippen molar-refractivity contribution >= 4 is 16.7 Å². The first-order valence-electron chi connectivity index (χ1n) is 9.25. The lowest BCUT2D eigenvalue weighted by atomic mass is 9.87. The Morgan fingerprint density at radius 2 is 1.92 bits per heavy atom. The van der Waals surface area contributed by atoms with Crippen molar-refractivity contribution in [3.05, 3.63) is 48.0 Å². The van der Waals surface area contributed by atoms with E-state index < -0.39 is 0 Å². The van der Waals surface area contributed by atoms with Crippen LogP contribution in [0.3, 0.4) is 0 Å². The SMILES string of the molecule is O=C([C@H]1C[C@H]2CC[C@H]1O2)N1CCC[C@H]1c1cccc2ccccc12. The normalized spacial score (nSPS) is 31.9. The number of nitrogens with zero attached hydrogens (tertiary/aromatic N) is 1. The molecule has 2 bridgehead atoms. The zero-order valence-corrected chi connectivity index (χ0v) is 13.9. The highest BCUT2D eigenvalue weighted by molar-refractivity contribution is 5.87. The van der Waals surface area contributed by atoms with Crippen molar-refractivity contribution in [3.8, 4) is 0 Å². The molecule has 0 saturated carbocycles. The highest BCUT2D eigenvalue weighted by Crippen LogP contribution is 2.43. The standard InChI is InChI=1S/C21H23NO2/c23-21(18-13-15-10-11-20(18)24-15)22-12-4-9-19(22)17-8-3-6-14-5-1-2-7-16(14)17/h1-3,5-8,15,18-20H,4,9-13H2/t15-,18+,19+,20-/m1/s1. The first-order chi connectivity index (χ1) is 11.8. The Morgan fingerprint density at radius 1 is 1.04 bits per heavy atom. The number of hydrogen-bond donors (Lipinski definition) is 0. The van der Waals surface area contributed by atoms with Crippen LogP contribution in [-0.4, -0.2) is 29.6 Å². The van der Waals surface area contributed by atoms with E-state index in [1.165, 1.54) is 16.3 Å². The summed E-state index contributed by atoms with van der Waals surface area (Å²) in [6, 6.07) is 15.2. The Labute approximate surface area is 142 Å². The van der Waals surface area contributed by atoms with Gasteiger partial charge in [-0.3, -0.25) is 4.79 Å². The number of likely N-dealkylation sites (tertiary alicyclic amines) is 1. The third kappa shape index (κ3) is 2.18. The van der Waals surface area contributed by atoms with Crippen molar-refractivity contribution in [2.24, 2.45) is 5.92 Å². The monoisotopic (exact) mass is 321 g/mol. The topological polar surface area (TPSA) is 29.5 Å². The molecule has 3 heteroatoms. The summed E-state index contributed by atoms with van der Waals surface area (Å²) in [5.41, 5.74) is 1.31. The average molecular weight is 321 g/mol. The van der Waals surface area contributed by atoms with Crippen LogP contribution in [0.25, 0.3) is 10.8 Å². The van der Waals surface area contributed by atoms with Crippen molar-refractivity contribution < 1.29 is 9.53 Å². The molecule has 0 aliphatic carbocycles. The van der Waals surface area contributed by atoms with E-state index in [0.717, 1.165) is 38.6 Å². The number of ether oxygens (including phenoxy) is 1. The lowest BCUT2D eigenvalue weighted by Crippen LogP contribution is -2.39. The van der Waals surface area contributed by atoms with Gasteiger partial charge in [0.25, 0.3) is 0 Å². The van der Waals surface area contributed by atoms with Gasteiger partial charge in [-0.1, -0.05) is 42.5 Å². The second-order valence-electron chi connectivity index (χ2n) is 7.47. The summed E-state index contributed by atoms with van der Waals surface area (Å²) in [5, 5.41) is 2.55. The molecule has 3 fully saturated rings. The van der Waals surface area contributed by atoms with E-state index in [9.17, 15) is 4.79 Å². The molecule has 0 N–H and O–H groups in total. The van der Waals surface area contributed by atoms with Crippen molar-refractivity contribution in [2.45, 2.75) is 50.4 Å². The van der Waals surface area contributed by atoms with E-state index in [0.29, 0.717) is 12.0 Å². The maximum Gasteiger partial charge on any atom is 0.228 e. The Hall–Kier alpha value is -1.87. The van der Waals surface area contributed by atoms with Gasteiger partial charge in [0, 0.05) is 6.54 Å². The van der Waals surface area contributed by atoms with Crippen molar-refractivity contribution in [1.29, 1.82) is 0 Å². The molecule has 5 rings (SSSR count). The van der Waals surface area contributed by atoms with Crippen molar-refractivity contribution in [1.82, 2.24) is 4.90 Å². The largest absolute Gasteiger partial charge is 0.374 e. The minimum absolute atomic E-state index is 0.0966. The van der Waals surface area contributed by atoms with Gasteiger partial charge in [-0.25, -0.2) is 0 Å². The molecule has 2 aromatic carbocycles. The molecule has 3 heterocycles. The van der Waals surface area contributed by atoms with E-state index in [-0.39, 0.29) is 18.1 Å². The lowest BCUT2D eigenvalue weighted by Gasteiger charge is -2.30. The number of benzene rings is 2. The van der Waals surface area contributed by atoms with Gasteiger partial charge in [-0.05, 0) is 48.4 Å². The molecule has 24 heavy (non-hydrogen) atoms. The summed E-state index contributed by atoms with van der Waals surface area (Å²) in [5.74, 6) is 0.428. The maximum atomic E-state index is 13.2. The highest BCUT2D eigenvalue weighted by atomic mass is 16.5. The molecule has 3 saturated heterocycles. The van der Waals surface area contributed by atoms with Crippen LogP contribution in [-0.2, 0) is 9.53 Å². The summed E-state index contributed by atoms with van der Waals surface area (Å²) in [6.07, 6.45) is 5.82. The average Bonchev–Trinajstić information content (AvgIpc) is 3.36. The first-order valence-corrected chi connectivity index (χ1v) is 9.25. The fourth-order valence-corrected chi connectivity index (χ4v) is 5.01. The van der Waals surface area contributed by atoms with Crippen LogP contribution in [0.15, 0.2) is 42.5 Å². The van der Waals surface area contributed by atoms with Gasteiger partial charge in [0.15, 0.2) is 0 Å². The summed E-state index contributed by atoms with van der Waals surface area (Å²) < 4.78 is 5.93. The number of carbonyl (C=O) groups is 1. The van der Waals surface area contributed by atoms with Gasteiger partial charge < -0.3 is 9.64 Å². The van der Waals surface area contributed by atoms with E-state index in [2.05, 4.69) is 47.4 Å². The Morgan fingerprint density at radius 3 is 2.75 bits per heavy atom. The number of fused-ring (bicyclic) bond motifs is 3. The molecule has 3 aliphatic heterocycles. The number of rotatable bonds is 2. The maximum absolute atomic E-state index is 13.2.